The second-order valence-corrected chi connectivity index (χ2v) is 8.35. The summed E-state index contributed by atoms with van der Waals surface area (Å²) < 4.78 is 0. The minimum Gasteiger partial charge on any atom is -0.379 e. The fraction of sp³-hybridized carbons (Fsp3) is 1.00. The lowest BCUT2D eigenvalue weighted by Crippen LogP contribution is -2.26. The van der Waals surface area contributed by atoms with Gasteiger partial charge in [-0.2, -0.15) is 0 Å². The number of unbranched alkanes of at least 4 members (excludes halogenated alkanes) is 19. The second kappa shape index (κ2) is 23.0. The standard InChI is InChI=1S/C24H51NO/c1-3-4-5-6-7-8-9-10-11-12-13-14-15-16-17-18-19-20-21-22-23-25-24(2)26/h24-26H,3-23H2,1-2H3. The first-order valence-corrected chi connectivity index (χ1v) is 12.2. The zero-order valence-electron chi connectivity index (χ0n) is 18.4. The lowest BCUT2D eigenvalue weighted by Gasteiger charge is -2.06. The van der Waals surface area contributed by atoms with E-state index in [1.165, 1.54) is 128 Å². The van der Waals surface area contributed by atoms with Crippen molar-refractivity contribution >= 4 is 0 Å². The van der Waals surface area contributed by atoms with Gasteiger partial charge in [0.15, 0.2) is 0 Å². The van der Waals surface area contributed by atoms with Gasteiger partial charge in [-0.05, 0) is 19.9 Å². The van der Waals surface area contributed by atoms with Gasteiger partial charge in [0.2, 0.25) is 0 Å². The van der Waals surface area contributed by atoms with Crippen LogP contribution in [-0.4, -0.2) is 17.9 Å². The van der Waals surface area contributed by atoms with Crippen LogP contribution in [-0.2, 0) is 0 Å². The van der Waals surface area contributed by atoms with Gasteiger partial charge >= 0.3 is 0 Å². The van der Waals surface area contributed by atoms with E-state index < -0.39 is 0 Å². The average Bonchev–Trinajstić information content (AvgIpc) is 2.62. The van der Waals surface area contributed by atoms with Crippen LogP contribution in [0.5, 0.6) is 0 Å². The molecule has 0 aliphatic rings. The third-order valence-corrected chi connectivity index (χ3v) is 5.47. The van der Waals surface area contributed by atoms with Crippen molar-refractivity contribution in [3.63, 3.8) is 0 Å². The molecule has 26 heavy (non-hydrogen) atoms. The number of aliphatic hydroxyl groups is 1. The third kappa shape index (κ3) is 23.9. The van der Waals surface area contributed by atoms with Crippen LogP contribution < -0.4 is 5.32 Å². The van der Waals surface area contributed by atoms with Gasteiger partial charge < -0.3 is 5.11 Å². The fourth-order valence-electron chi connectivity index (χ4n) is 3.69. The van der Waals surface area contributed by atoms with Gasteiger partial charge in [-0.3, -0.25) is 5.32 Å². The molecule has 0 fully saturated rings. The van der Waals surface area contributed by atoms with Gasteiger partial charge in [0.25, 0.3) is 0 Å². The highest BCUT2D eigenvalue weighted by Crippen LogP contribution is 2.14. The summed E-state index contributed by atoms with van der Waals surface area (Å²) in [6, 6.07) is 0. The largest absolute Gasteiger partial charge is 0.379 e. The summed E-state index contributed by atoms with van der Waals surface area (Å²) in [7, 11) is 0. The molecule has 0 heterocycles. The number of rotatable bonds is 22. The predicted molar refractivity (Wildman–Crippen MR) is 118 cm³/mol. The zero-order valence-corrected chi connectivity index (χ0v) is 18.4. The summed E-state index contributed by atoms with van der Waals surface area (Å²) in [5.74, 6) is 0. The van der Waals surface area contributed by atoms with Crippen LogP contribution in [0.3, 0.4) is 0 Å². The van der Waals surface area contributed by atoms with E-state index in [0.717, 1.165) is 6.54 Å². The van der Waals surface area contributed by atoms with E-state index in [0.29, 0.717) is 0 Å². The topological polar surface area (TPSA) is 32.3 Å². The van der Waals surface area contributed by atoms with Crippen LogP contribution >= 0.6 is 0 Å². The van der Waals surface area contributed by atoms with Crippen LogP contribution in [0.4, 0.5) is 0 Å². The minimum atomic E-state index is -0.352. The number of nitrogens with one attached hydrogen (secondary N) is 1. The molecule has 158 valence electrons. The van der Waals surface area contributed by atoms with Crippen LogP contribution in [0.2, 0.25) is 0 Å². The molecule has 0 spiro atoms. The molecule has 0 aliphatic carbocycles. The normalized spacial score (nSPS) is 12.6. The molecule has 2 heteroatoms. The predicted octanol–water partition coefficient (Wildman–Crippen LogP) is 7.74. The molecule has 0 aromatic rings. The average molecular weight is 370 g/mol. The highest BCUT2D eigenvalue weighted by atomic mass is 16.3. The van der Waals surface area contributed by atoms with E-state index in [1.54, 1.807) is 6.92 Å². The van der Waals surface area contributed by atoms with Gasteiger partial charge in [0.05, 0.1) is 0 Å². The Balaban J connectivity index is 2.97. The van der Waals surface area contributed by atoms with Gasteiger partial charge in [-0.15, -0.1) is 0 Å². The van der Waals surface area contributed by atoms with Gasteiger partial charge in [-0.1, -0.05) is 129 Å². The molecular weight excluding hydrogens is 318 g/mol. The summed E-state index contributed by atoms with van der Waals surface area (Å²) in [6.45, 7) is 5.04. The quantitative estimate of drug-likeness (QED) is 0.151. The molecule has 1 unspecified atom stereocenters. The Kier molecular flexibility index (Phi) is 22.9. The Hall–Kier alpha value is -0.0800. The zero-order chi connectivity index (χ0) is 19.1. The molecule has 2 N–H and O–H groups in total. The van der Waals surface area contributed by atoms with Crippen molar-refractivity contribution in [2.75, 3.05) is 6.54 Å². The van der Waals surface area contributed by atoms with Crippen molar-refractivity contribution in [1.29, 1.82) is 0 Å². The number of aliphatic hydroxyl groups excluding tert-OH is 1. The van der Waals surface area contributed by atoms with Crippen LogP contribution in [0.1, 0.15) is 142 Å². The van der Waals surface area contributed by atoms with Gasteiger partial charge in [-0.25, -0.2) is 0 Å². The summed E-state index contributed by atoms with van der Waals surface area (Å²) in [4.78, 5) is 0. The van der Waals surface area contributed by atoms with E-state index in [2.05, 4.69) is 12.2 Å². The Morgan fingerprint density at radius 3 is 1.04 bits per heavy atom. The van der Waals surface area contributed by atoms with Crippen molar-refractivity contribution in [3.8, 4) is 0 Å². The monoisotopic (exact) mass is 369 g/mol. The molecule has 1 atom stereocenters. The fourth-order valence-corrected chi connectivity index (χ4v) is 3.69. The maximum atomic E-state index is 9.10. The molecular formula is C24H51NO. The summed E-state index contributed by atoms with van der Waals surface area (Å²) in [5.41, 5.74) is 0. The van der Waals surface area contributed by atoms with Crippen molar-refractivity contribution in [2.24, 2.45) is 0 Å². The molecule has 0 bridgehead atoms. The Labute approximate surface area is 165 Å². The van der Waals surface area contributed by atoms with Gasteiger partial charge in [0.1, 0.15) is 6.23 Å². The lowest BCUT2D eigenvalue weighted by molar-refractivity contribution is 0.156. The lowest BCUT2D eigenvalue weighted by atomic mass is 10.0. The van der Waals surface area contributed by atoms with Crippen LogP contribution in [0.25, 0.3) is 0 Å². The third-order valence-electron chi connectivity index (χ3n) is 5.47. The molecule has 0 saturated heterocycles. The summed E-state index contributed by atoms with van der Waals surface area (Å²) >= 11 is 0. The highest BCUT2D eigenvalue weighted by Gasteiger charge is 1.96. The molecule has 0 amide bonds. The molecule has 0 aromatic heterocycles. The molecule has 0 rings (SSSR count). The summed E-state index contributed by atoms with van der Waals surface area (Å²) in [5, 5.41) is 12.2. The number of hydrogen-bond acceptors (Lipinski definition) is 2. The Morgan fingerprint density at radius 1 is 0.500 bits per heavy atom. The first-order chi connectivity index (χ1) is 12.8. The van der Waals surface area contributed by atoms with Crippen molar-refractivity contribution in [2.45, 2.75) is 148 Å². The van der Waals surface area contributed by atoms with Crippen molar-refractivity contribution in [1.82, 2.24) is 5.32 Å². The number of hydrogen-bond donors (Lipinski definition) is 2. The molecule has 0 saturated carbocycles. The Bertz CT molecular complexity index is 242. The minimum absolute atomic E-state index is 0.352. The van der Waals surface area contributed by atoms with E-state index in [-0.39, 0.29) is 6.23 Å². The first kappa shape index (κ1) is 25.9. The molecule has 0 aromatic carbocycles. The molecule has 0 aliphatic heterocycles. The van der Waals surface area contributed by atoms with E-state index >= 15 is 0 Å². The van der Waals surface area contributed by atoms with E-state index in [9.17, 15) is 0 Å². The Morgan fingerprint density at radius 2 is 0.769 bits per heavy atom. The van der Waals surface area contributed by atoms with Crippen LogP contribution in [0.15, 0.2) is 0 Å². The summed E-state index contributed by atoms with van der Waals surface area (Å²) in [6.07, 6.45) is 28.1. The highest BCUT2D eigenvalue weighted by molar-refractivity contribution is 4.52. The maximum absolute atomic E-state index is 9.10. The van der Waals surface area contributed by atoms with Gasteiger partial charge in [0, 0.05) is 0 Å². The van der Waals surface area contributed by atoms with E-state index in [1.807, 2.05) is 0 Å². The smallest absolute Gasteiger partial charge is 0.102 e. The molecule has 2 nitrogen and oxygen atoms in total. The SMILES string of the molecule is CCCCCCCCCCCCCCCCCCCCCCNC(C)O. The van der Waals surface area contributed by atoms with E-state index in [4.69, 9.17) is 5.11 Å². The van der Waals surface area contributed by atoms with Crippen LogP contribution in [0, 0.1) is 0 Å². The van der Waals surface area contributed by atoms with Crippen molar-refractivity contribution in [3.05, 3.63) is 0 Å². The molecule has 0 radical (unpaired) electrons. The maximum Gasteiger partial charge on any atom is 0.102 e. The van der Waals surface area contributed by atoms with Crippen molar-refractivity contribution < 1.29 is 5.11 Å². The first-order valence-electron chi connectivity index (χ1n) is 12.2. The second-order valence-electron chi connectivity index (χ2n) is 8.35.